The molecule has 0 aliphatic carbocycles. The van der Waals surface area contributed by atoms with Crippen molar-refractivity contribution < 1.29 is 18.0 Å². The molecule has 1 atom stereocenters. The number of para-hydroxylation sites is 1. The third-order valence-corrected chi connectivity index (χ3v) is 6.20. The van der Waals surface area contributed by atoms with Gasteiger partial charge < -0.3 is 10.2 Å². The standard InChI is InChI=1S/C19H20BrN3O4S/c20-16-3-1-2-4-17(16)23-12-14(11-18(23)24)19(25)22-10-9-13-5-7-15(8-6-13)28(21,26)27/h1-8,14H,9-12H2,(H,22,25)(H2,21,26,27). The average Bonchev–Trinajstić information content (AvgIpc) is 3.03. The molecule has 1 heterocycles. The minimum Gasteiger partial charge on any atom is -0.355 e. The molecule has 3 N–H and O–H groups in total. The quantitative estimate of drug-likeness (QED) is 0.677. The largest absolute Gasteiger partial charge is 0.355 e. The van der Waals surface area contributed by atoms with Crippen LogP contribution >= 0.6 is 15.9 Å². The fourth-order valence-corrected chi connectivity index (χ4v) is 4.12. The zero-order valence-corrected chi connectivity index (χ0v) is 17.4. The molecule has 1 aliphatic heterocycles. The molecule has 0 spiro atoms. The number of hydrogen-bond acceptors (Lipinski definition) is 4. The number of sulfonamides is 1. The lowest BCUT2D eigenvalue weighted by Gasteiger charge is -2.18. The van der Waals surface area contributed by atoms with E-state index in [1.165, 1.54) is 12.1 Å². The van der Waals surface area contributed by atoms with Gasteiger partial charge in [0.05, 0.1) is 16.5 Å². The number of nitrogens with zero attached hydrogens (tertiary/aromatic N) is 1. The topological polar surface area (TPSA) is 110 Å². The van der Waals surface area contributed by atoms with Gasteiger partial charge >= 0.3 is 0 Å². The van der Waals surface area contributed by atoms with Gasteiger partial charge in [0, 0.05) is 24.0 Å². The van der Waals surface area contributed by atoms with E-state index in [4.69, 9.17) is 5.14 Å². The minimum atomic E-state index is -3.71. The number of nitrogens with one attached hydrogen (secondary N) is 1. The molecular formula is C19H20BrN3O4S. The molecule has 2 aromatic rings. The Kier molecular flexibility index (Phi) is 6.17. The second-order valence-corrected chi connectivity index (χ2v) is 9.00. The normalized spacial score (nSPS) is 17.0. The van der Waals surface area contributed by atoms with E-state index in [1.54, 1.807) is 17.0 Å². The predicted octanol–water partition coefficient (Wildman–Crippen LogP) is 1.81. The average molecular weight is 466 g/mol. The molecule has 7 nitrogen and oxygen atoms in total. The van der Waals surface area contributed by atoms with Crippen molar-refractivity contribution in [2.75, 3.05) is 18.0 Å². The molecule has 1 saturated heterocycles. The Balaban J connectivity index is 1.53. The number of halogens is 1. The Morgan fingerprint density at radius 1 is 1.18 bits per heavy atom. The van der Waals surface area contributed by atoms with E-state index >= 15 is 0 Å². The number of carbonyl (C=O) groups excluding carboxylic acids is 2. The van der Waals surface area contributed by atoms with Crippen molar-refractivity contribution in [1.82, 2.24) is 5.32 Å². The molecule has 0 bridgehead atoms. The Labute approximate surface area is 172 Å². The fourth-order valence-electron chi connectivity index (χ4n) is 3.11. The Morgan fingerprint density at radius 2 is 1.86 bits per heavy atom. The number of nitrogens with two attached hydrogens (primary N) is 1. The van der Waals surface area contributed by atoms with Crippen LogP contribution in [0.15, 0.2) is 57.9 Å². The van der Waals surface area contributed by atoms with Crippen LogP contribution in [0.5, 0.6) is 0 Å². The van der Waals surface area contributed by atoms with Gasteiger partial charge in [0.15, 0.2) is 0 Å². The summed E-state index contributed by atoms with van der Waals surface area (Å²) >= 11 is 3.44. The summed E-state index contributed by atoms with van der Waals surface area (Å²) in [6, 6.07) is 13.6. The van der Waals surface area contributed by atoms with E-state index < -0.39 is 15.9 Å². The molecule has 9 heteroatoms. The monoisotopic (exact) mass is 465 g/mol. The molecule has 1 fully saturated rings. The maximum Gasteiger partial charge on any atom is 0.238 e. The summed E-state index contributed by atoms with van der Waals surface area (Å²) in [6.07, 6.45) is 0.724. The molecular weight excluding hydrogens is 446 g/mol. The zero-order chi connectivity index (χ0) is 20.3. The second kappa shape index (κ2) is 8.42. The Morgan fingerprint density at radius 3 is 2.50 bits per heavy atom. The first kappa shape index (κ1) is 20.5. The van der Waals surface area contributed by atoms with E-state index in [-0.39, 0.29) is 23.1 Å². The van der Waals surface area contributed by atoms with Crippen LogP contribution in [0, 0.1) is 5.92 Å². The van der Waals surface area contributed by atoms with E-state index in [0.717, 1.165) is 15.7 Å². The van der Waals surface area contributed by atoms with Crippen LogP contribution in [-0.4, -0.2) is 33.3 Å². The lowest BCUT2D eigenvalue weighted by molar-refractivity contribution is -0.126. The first-order valence-electron chi connectivity index (χ1n) is 8.70. The highest BCUT2D eigenvalue weighted by Crippen LogP contribution is 2.31. The van der Waals surface area contributed by atoms with Crippen molar-refractivity contribution in [3.63, 3.8) is 0 Å². The van der Waals surface area contributed by atoms with Gasteiger partial charge in [0.1, 0.15) is 0 Å². The summed E-state index contributed by atoms with van der Waals surface area (Å²) in [6.45, 7) is 0.740. The van der Waals surface area contributed by atoms with Crippen LogP contribution in [0.3, 0.4) is 0 Å². The van der Waals surface area contributed by atoms with Crippen molar-refractivity contribution in [3.05, 3.63) is 58.6 Å². The molecule has 1 aliphatic rings. The number of amides is 2. The molecule has 2 amide bonds. The molecule has 148 valence electrons. The second-order valence-electron chi connectivity index (χ2n) is 6.59. The van der Waals surface area contributed by atoms with Crippen LogP contribution in [0.2, 0.25) is 0 Å². The van der Waals surface area contributed by atoms with E-state index in [0.29, 0.717) is 19.5 Å². The number of anilines is 1. The van der Waals surface area contributed by atoms with Crippen molar-refractivity contribution in [2.45, 2.75) is 17.7 Å². The zero-order valence-electron chi connectivity index (χ0n) is 15.0. The van der Waals surface area contributed by atoms with Gasteiger partial charge in [-0.15, -0.1) is 0 Å². The van der Waals surface area contributed by atoms with Gasteiger partial charge in [-0.2, -0.15) is 0 Å². The predicted molar refractivity (Wildman–Crippen MR) is 109 cm³/mol. The molecule has 0 saturated carbocycles. The van der Waals surface area contributed by atoms with E-state index in [1.807, 2.05) is 24.3 Å². The third kappa shape index (κ3) is 4.78. The van der Waals surface area contributed by atoms with Crippen molar-refractivity contribution in [2.24, 2.45) is 11.1 Å². The molecule has 3 rings (SSSR count). The lowest BCUT2D eigenvalue weighted by Crippen LogP contribution is -2.34. The van der Waals surface area contributed by atoms with Gasteiger partial charge in [0.25, 0.3) is 0 Å². The first-order chi connectivity index (χ1) is 13.3. The number of rotatable bonds is 6. The lowest BCUT2D eigenvalue weighted by atomic mass is 10.1. The number of hydrogen-bond donors (Lipinski definition) is 2. The number of carbonyl (C=O) groups is 2. The van der Waals surface area contributed by atoms with Crippen LogP contribution in [0.25, 0.3) is 0 Å². The maximum atomic E-state index is 12.4. The van der Waals surface area contributed by atoms with Crippen molar-refractivity contribution in [3.8, 4) is 0 Å². The highest BCUT2D eigenvalue weighted by molar-refractivity contribution is 9.10. The summed E-state index contributed by atoms with van der Waals surface area (Å²) in [5.41, 5.74) is 1.64. The molecule has 0 radical (unpaired) electrons. The van der Waals surface area contributed by atoms with Gasteiger partial charge in [0.2, 0.25) is 21.8 Å². The van der Waals surface area contributed by atoms with Gasteiger partial charge in [-0.3, -0.25) is 9.59 Å². The highest BCUT2D eigenvalue weighted by Gasteiger charge is 2.35. The third-order valence-electron chi connectivity index (χ3n) is 4.60. The highest BCUT2D eigenvalue weighted by atomic mass is 79.9. The molecule has 28 heavy (non-hydrogen) atoms. The Hall–Kier alpha value is -2.23. The van der Waals surface area contributed by atoms with E-state index in [2.05, 4.69) is 21.2 Å². The summed E-state index contributed by atoms with van der Waals surface area (Å²) < 4.78 is 23.3. The smallest absolute Gasteiger partial charge is 0.238 e. The Bertz CT molecular complexity index is 992. The minimum absolute atomic E-state index is 0.0527. The van der Waals surface area contributed by atoms with Crippen molar-refractivity contribution >= 4 is 43.5 Å². The van der Waals surface area contributed by atoms with Crippen molar-refractivity contribution in [1.29, 1.82) is 0 Å². The number of primary sulfonamides is 1. The maximum absolute atomic E-state index is 12.4. The van der Waals surface area contributed by atoms with Gasteiger partial charge in [-0.05, 0) is 52.2 Å². The first-order valence-corrected chi connectivity index (χ1v) is 11.0. The summed E-state index contributed by atoms with van der Waals surface area (Å²) in [4.78, 5) is 26.4. The molecule has 2 aromatic carbocycles. The molecule has 1 unspecified atom stereocenters. The van der Waals surface area contributed by atoms with Gasteiger partial charge in [-0.1, -0.05) is 24.3 Å². The van der Waals surface area contributed by atoms with Crippen LogP contribution in [0.4, 0.5) is 5.69 Å². The van der Waals surface area contributed by atoms with E-state index in [9.17, 15) is 18.0 Å². The summed E-state index contributed by atoms with van der Waals surface area (Å²) in [5, 5.41) is 7.92. The summed E-state index contributed by atoms with van der Waals surface area (Å²) in [5.74, 6) is -0.640. The SMILES string of the molecule is NS(=O)(=O)c1ccc(CCNC(=O)C2CC(=O)N(c3ccccc3Br)C2)cc1. The molecule has 0 aromatic heterocycles. The van der Waals surface area contributed by atoms with Crippen LogP contribution in [0.1, 0.15) is 12.0 Å². The number of benzene rings is 2. The van der Waals surface area contributed by atoms with Crippen LogP contribution in [-0.2, 0) is 26.0 Å². The van der Waals surface area contributed by atoms with Gasteiger partial charge in [-0.25, -0.2) is 13.6 Å². The summed E-state index contributed by atoms with van der Waals surface area (Å²) in [7, 11) is -3.71. The fraction of sp³-hybridized carbons (Fsp3) is 0.263. The van der Waals surface area contributed by atoms with Crippen LogP contribution < -0.4 is 15.4 Å².